The first kappa shape index (κ1) is 15.9. The fraction of sp³-hybridized carbons (Fsp3) is 0.846. The van der Waals surface area contributed by atoms with Crippen LogP contribution in [0.1, 0.15) is 41.0 Å². The Hall–Kier alpha value is -1.06. The summed E-state index contributed by atoms with van der Waals surface area (Å²) in [7, 11) is 1.37. The molecular weight excluding hydrogens is 218 g/mol. The molecule has 4 heteroatoms. The van der Waals surface area contributed by atoms with Gasteiger partial charge in [-0.05, 0) is 19.8 Å². The highest BCUT2D eigenvalue weighted by Crippen LogP contribution is 2.11. The van der Waals surface area contributed by atoms with Crippen LogP contribution in [0.5, 0.6) is 0 Å². The third kappa shape index (κ3) is 5.71. The van der Waals surface area contributed by atoms with E-state index in [0.717, 1.165) is 0 Å². The standard InChI is InChI=1S/C13H25NO3/c1-9(2)7-12(15)14(10(3)4)8-11(5)13(16)17-6/h9-11H,7-8H2,1-6H3. The Morgan fingerprint density at radius 2 is 1.65 bits per heavy atom. The second-order valence-corrected chi connectivity index (χ2v) is 5.16. The second kappa shape index (κ2) is 7.30. The average Bonchev–Trinajstić information content (AvgIpc) is 2.22. The van der Waals surface area contributed by atoms with E-state index in [9.17, 15) is 9.59 Å². The molecule has 0 N–H and O–H groups in total. The molecule has 0 aliphatic carbocycles. The highest BCUT2D eigenvalue weighted by Gasteiger charge is 2.23. The van der Waals surface area contributed by atoms with Crippen LogP contribution in [0.4, 0.5) is 0 Å². The van der Waals surface area contributed by atoms with Gasteiger partial charge in [-0.25, -0.2) is 0 Å². The summed E-state index contributed by atoms with van der Waals surface area (Å²) in [5.74, 6) is -0.116. The van der Waals surface area contributed by atoms with Gasteiger partial charge in [-0.3, -0.25) is 9.59 Å². The first-order chi connectivity index (χ1) is 7.79. The van der Waals surface area contributed by atoms with Crippen LogP contribution in [0.3, 0.4) is 0 Å². The highest BCUT2D eigenvalue weighted by molar-refractivity contribution is 5.78. The third-order valence-corrected chi connectivity index (χ3v) is 2.60. The number of carbonyl (C=O) groups is 2. The van der Waals surface area contributed by atoms with Gasteiger partial charge >= 0.3 is 5.97 Å². The van der Waals surface area contributed by atoms with Crippen molar-refractivity contribution >= 4 is 11.9 Å². The second-order valence-electron chi connectivity index (χ2n) is 5.16. The van der Waals surface area contributed by atoms with E-state index < -0.39 is 0 Å². The van der Waals surface area contributed by atoms with Gasteiger partial charge in [-0.2, -0.15) is 0 Å². The summed E-state index contributed by atoms with van der Waals surface area (Å²) in [5, 5.41) is 0. The Labute approximate surface area is 104 Å². The third-order valence-electron chi connectivity index (χ3n) is 2.60. The lowest BCUT2D eigenvalue weighted by atomic mass is 10.1. The summed E-state index contributed by atoms with van der Waals surface area (Å²) in [6, 6.07) is 0.105. The molecule has 0 aromatic heterocycles. The Morgan fingerprint density at radius 1 is 1.12 bits per heavy atom. The summed E-state index contributed by atoms with van der Waals surface area (Å²) < 4.78 is 4.68. The summed E-state index contributed by atoms with van der Waals surface area (Å²) in [4.78, 5) is 25.1. The largest absolute Gasteiger partial charge is 0.469 e. The summed E-state index contributed by atoms with van der Waals surface area (Å²) in [6.07, 6.45) is 0.520. The number of hydrogen-bond donors (Lipinski definition) is 0. The quantitative estimate of drug-likeness (QED) is 0.671. The lowest BCUT2D eigenvalue weighted by Gasteiger charge is -2.29. The van der Waals surface area contributed by atoms with Gasteiger partial charge in [0.1, 0.15) is 0 Å². The molecule has 0 aromatic carbocycles. The average molecular weight is 243 g/mol. The number of methoxy groups -OCH3 is 1. The van der Waals surface area contributed by atoms with E-state index in [0.29, 0.717) is 18.9 Å². The van der Waals surface area contributed by atoms with Gasteiger partial charge in [-0.15, -0.1) is 0 Å². The molecule has 0 aliphatic rings. The van der Waals surface area contributed by atoms with Crippen molar-refractivity contribution in [2.45, 2.75) is 47.1 Å². The van der Waals surface area contributed by atoms with Crippen LogP contribution in [0.15, 0.2) is 0 Å². The first-order valence-corrected chi connectivity index (χ1v) is 6.16. The zero-order chi connectivity index (χ0) is 13.6. The predicted molar refractivity (Wildman–Crippen MR) is 67.5 cm³/mol. The van der Waals surface area contributed by atoms with Crippen molar-refractivity contribution in [3.05, 3.63) is 0 Å². The molecule has 0 heterocycles. The van der Waals surface area contributed by atoms with Crippen molar-refractivity contribution < 1.29 is 14.3 Å². The maximum atomic E-state index is 12.0. The van der Waals surface area contributed by atoms with Crippen LogP contribution < -0.4 is 0 Å². The Kier molecular flexibility index (Phi) is 6.85. The molecule has 0 saturated carbocycles. The summed E-state index contributed by atoms with van der Waals surface area (Å²) >= 11 is 0. The van der Waals surface area contributed by atoms with Gasteiger partial charge in [0, 0.05) is 19.0 Å². The van der Waals surface area contributed by atoms with Gasteiger partial charge in [-0.1, -0.05) is 20.8 Å². The van der Waals surface area contributed by atoms with Crippen molar-refractivity contribution in [3.63, 3.8) is 0 Å². The van der Waals surface area contributed by atoms with Crippen LogP contribution >= 0.6 is 0 Å². The summed E-state index contributed by atoms with van der Waals surface area (Å²) in [6.45, 7) is 10.2. The molecular formula is C13H25NO3. The Balaban J connectivity index is 4.54. The highest BCUT2D eigenvalue weighted by atomic mass is 16.5. The van der Waals surface area contributed by atoms with Gasteiger partial charge in [0.05, 0.1) is 13.0 Å². The number of esters is 1. The fourth-order valence-corrected chi connectivity index (χ4v) is 1.64. The maximum absolute atomic E-state index is 12.0. The van der Waals surface area contributed by atoms with E-state index in [1.165, 1.54) is 7.11 Å². The molecule has 4 nitrogen and oxygen atoms in total. The molecule has 0 bridgehead atoms. The minimum atomic E-state index is -0.279. The van der Waals surface area contributed by atoms with Crippen LogP contribution in [-0.2, 0) is 14.3 Å². The number of ether oxygens (including phenoxy) is 1. The van der Waals surface area contributed by atoms with E-state index in [1.54, 1.807) is 11.8 Å². The minimum absolute atomic E-state index is 0.103. The first-order valence-electron chi connectivity index (χ1n) is 6.16. The monoisotopic (exact) mass is 243 g/mol. The number of rotatable bonds is 6. The predicted octanol–water partition coefficient (Wildman–Crippen LogP) is 2.08. The van der Waals surface area contributed by atoms with E-state index in [1.807, 2.05) is 27.7 Å². The topological polar surface area (TPSA) is 46.6 Å². The van der Waals surface area contributed by atoms with Crippen molar-refractivity contribution in [2.24, 2.45) is 11.8 Å². The van der Waals surface area contributed by atoms with Crippen molar-refractivity contribution in [3.8, 4) is 0 Å². The summed E-state index contributed by atoms with van der Waals surface area (Å²) in [5.41, 5.74) is 0. The molecule has 1 unspecified atom stereocenters. The maximum Gasteiger partial charge on any atom is 0.310 e. The molecule has 0 saturated heterocycles. The molecule has 1 amide bonds. The van der Waals surface area contributed by atoms with Gasteiger partial charge in [0.25, 0.3) is 0 Å². The molecule has 0 radical (unpaired) electrons. The molecule has 100 valence electrons. The molecule has 0 rings (SSSR count). The fourth-order valence-electron chi connectivity index (χ4n) is 1.64. The smallest absolute Gasteiger partial charge is 0.310 e. The SMILES string of the molecule is COC(=O)C(C)CN(C(=O)CC(C)C)C(C)C. The van der Waals surface area contributed by atoms with Gasteiger partial charge in [0.2, 0.25) is 5.91 Å². The van der Waals surface area contributed by atoms with Crippen LogP contribution in [0.2, 0.25) is 0 Å². The molecule has 0 aliphatic heterocycles. The number of nitrogens with zero attached hydrogens (tertiary/aromatic N) is 1. The van der Waals surface area contributed by atoms with Crippen molar-refractivity contribution in [1.29, 1.82) is 0 Å². The Bertz CT molecular complexity index is 261. The normalized spacial score (nSPS) is 12.7. The van der Waals surface area contributed by atoms with Crippen LogP contribution in [-0.4, -0.2) is 36.5 Å². The number of carbonyl (C=O) groups excluding carboxylic acids is 2. The molecule has 1 atom stereocenters. The lowest BCUT2D eigenvalue weighted by molar-refractivity contribution is -0.147. The molecule has 17 heavy (non-hydrogen) atoms. The van der Waals surface area contributed by atoms with E-state index >= 15 is 0 Å². The zero-order valence-electron chi connectivity index (χ0n) is 11.8. The van der Waals surface area contributed by atoms with E-state index in [2.05, 4.69) is 4.74 Å². The van der Waals surface area contributed by atoms with Crippen LogP contribution in [0, 0.1) is 11.8 Å². The van der Waals surface area contributed by atoms with Gasteiger partial charge < -0.3 is 9.64 Å². The molecule has 0 aromatic rings. The number of hydrogen-bond acceptors (Lipinski definition) is 3. The number of amides is 1. The van der Waals surface area contributed by atoms with E-state index in [-0.39, 0.29) is 23.8 Å². The Morgan fingerprint density at radius 3 is 2.00 bits per heavy atom. The van der Waals surface area contributed by atoms with Crippen molar-refractivity contribution in [1.82, 2.24) is 4.90 Å². The van der Waals surface area contributed by atoms with Gasteiger partial charge in [0.15, 0.2) is 0 Å². The molecule has 0 spiro atoms. The molecule has 0 fully saturated rings. The lowest BCUT2D eigenvalue weighted by Crippen LogP contribution is -2.42. The minimum Gasteiger partial charge on any atom is -0.469 e. The van der Waals surface area contributed by atoms with Crippen molar-refractivity contribution in [2.75, 3.05) is 13.7 Å². The van der Waals surface area contributed by atoms with Crippen LogP contribution in [0.25, 0.3) is 0 Å². The zero-order valence-corrected chi connectivity index (χ0v) is 11.8. The van der Waals surface area contributed by atoms with E-state index in [4.69, 9.17) is 0 Å².